The number of nitrogens with one attached hydrogen (secondary N) is 1. The van der Waals surface area contributed by atoms with E-state index in [-0.39, 0.29) is 5.54 Å². The molecule has 0 unspecified atom stereocenters. The summed E-state index contributed by atoms with van der Waals surface area (Å²) in [5, 5.41) is 3.55. The molecule has 0 atom stereocenters. The first kappa shape index (κ1) is 14.1. The van der Waals surface area contributed by atoms with Crippen LogP contribution in [-0.4, -0.2) is 23.6 Å². The van der Waals surface area contributed by atoms with E-state index in [2.05, 4.69) is 55.0 Å². The predicted molar refractivity (Wildman–Crippen MR) is 81.4 cm³/mol. The van der Waals surface area contributed by atoms with E-state index in [1.807, 2.05) is 12.3 Å². The van der Waals surface area contributed by atoms with Crippen LogP contribution in [0.1, 0.15) is 39.7 Å². The molecular formula is C16H25N3. The molecule has 1 aromatic rings. The molecule has 0 aliphatic carbocycles. The number of nitrogens with zero attached hydrogens (tertiary/aromatic N) is 2. The molecule has 0 saturated heterocycles. The van der Waals surface area contributed by atoms with Crippen molar-refractivity contribution in [2.45, 2.75) is 46.2 Å². The van der Waals surface area contributed by atoms with Crippen LogP contribution in [0.15, 0.2) is 30.0 Å². The standard InChI is InChI=1S/C16H25N3/c1-13-7-6-10-19(12-13)15-14(8-5-9-17-15)11-18-16(2,3)4/h5,7-9,18H,6,10-12H2,1-4H3. The summed E-state index contributed by atoms with van der Waals surface area (Å²) in [6, 6.07) is 4.20. The highest BCUT2D eigenvalue weighted by atomic mass is 15.2. The monoisotopic (exact) mass is 259 g/mol. The van der Waals surface area contributed by atoms with Crippen molar-refractivity contribution in [3.8, 4) is 0 Å². The lowest BCUT2D eigenvalue weighted by molar-refractivity contribution is 0.424. The van der Waals surface area contributed by atoms with Crippen LogP contribution in [0.3, 0.4) is 0 Å². The molecule has 19 heavy (non-hydrogen) atoms. The molecular weight excluding hydrogens is 234 g/mol. The fourth-order valence-electron chi connectivity index (χ4n) is 2.31. The molecule has 0 radical (unpaired) electrons. The first-order valence-electron chi connectivity index (χ1n) is 7.05. The van der Waals surface area contributed by atoms with Gasteiger partial charge in [0.05, 0.1) is 0 Å². The maximum atomic E-state index is 4.60. The Balaban J connectivity index is 2.14. The zero-order chi connectivity index (χ0) is 13.9. The second-order valence-corrected chi connectivity index (χ2v) is 6.35. The van der Waals surface area contributed by atoms with Crippen LogP contribution in [0.5, 0.6) is 0 Å². The first-order valence-corrected chi connectivity index (χ1v) is 7.05. The highest BCUT2D eigenvalue weighted by molar-refractivity contribution is 5.48. The van der Waals surface area contributed by atoms with Crippen molar-refractivity contribution < 1.29 is 0 Å². The Morgan fingerprint density at radius 2 is 2.16 bits per heavy atom. The van der Waals surface area contributed by atoms with Gasteiger partial charge in [0.1, 0.15) is 5.82 Å². The average Bonchev–Trinajstić information content (AvgIpc) is 2.36. The Labute approximate surface area is 116 Å². The van der Waals surface area contributed by atoms with Crippen LogP contribution in [-0.2, 0) is 6.54 Å². The van der Waals surface area contributed by atoms with Gasteiger partial charge in [-0.15, -0.1) is 0 Å². The van der Waals surface area contributed by atoms with E-state index in [4.69, 9.17) is 0 Å². The highest BCUT2D eigenvalue weighted by Crippen LogP contribution is 2.21. The predicted octanol–water partition coefficient (Wildman–Crippen LogP) is 3.13. The minimum Gasteiger partial charge on any atom is -0.352 e. The molecule has 1 aliphatic rings. The van der Waals surface area contributed by atoms with Crippen LogP contribution < -0.4 is 10.2 Å². The third kappa shape index (κ3) is 4.06. The van der Waals surface area contributed by atoms with Crippen molar-refractivity contribution in [1.29, 1.82) is 0 Å². The van der Waals surface area contributed by atoms with Gasteiger partial charge in [0.15, 0.2) is 0 Å². The molecule has 3 heteroatoms. The van der Waals surface area contributed by atoms with Crippen LogP contribution in [0.2, 0.25) is 0 Å². The Morgan fingerprint density at radius 3 is 2.84 bits per heavy atom. The molecule has 0 amide bonds. The van der Waals surface area contributed by atoms with E-state index in [1.54, 1.807) is 0 Å². The highest BCUT2D eigenvalue weighted by Gasteiger charge is 2.16. The topological polar surface area (TPSA) is 28.2 Å². The van der Waals surface area contributed by atoms with Crippen LogP contribution in [0, 0.1) is 0 Å². The lowest BCUT2D eigenvalue weighted by Gasteiger charge is -2.30. The molecule has 0 saturated carbocycles. The van der Waals surface area contributed by atoms with Gasteiger partial charge in [0, 0.05) is 36.9 Å². The molecule has 1 aromatic heterocycles. The van der Waals surface area contributed by atoms with Gasteiger partial charge in [-0.3, -0.25) is 0 Å². The maximum absolute atomic E-state index is 4.60. The van der Waals surface area contributed by atoms with Gasteiger partial charge in [-0.25, -0.2) is 4.98 Å². The van der Waals surface area contributed by atoms with E-state index in [9.17, 15) is 0 Å². The van der Waals surface area contributed by atoms with Gasteiger partial charge >= 0.3 is 0 Å². The summed E-state index contributed by atoms with van der Waals surface area (Å²) in [4.78, 5) is 6.98. The second-order valence-electron chi connectivity index (χ2n) is 6.35. The summed E-state index contributed by atoms with van der Waals surface area (Å²) >= 11 is 0. The molecule has 0 spiro atoms. The summed E-state index contributed by atoms with van der Waals surface area (Å²) in [7, 11) is 0. The average molecular weight is 259 g/mol. The third-order valence-corrected chi connectivity index (χ3v) is 3.31. The number of anilines is 1. The Hall–Kier alpha value is -1.35. The zero-order valence-corrected chi connectivity index (χ0v) is 12.5. The van der Waals surface area contributed by atoms with Crippen LogP contribution >= 0.6 is 0 Å². The number of pyridine rings is 1. The molecule has 3 nitrogen and oxygen atoms in total. The number of hydrogen-bond acceptors (Lipinski definition) is 3. The minimum absolute atomic E-state index is 0.130. The Morgan fingerprint density at radius 1 is 1.37 bits per heavy atom. The lowest BCUT2D eigenvalue weighted by Crippen LogP contribution is -2.36. The van der Waals surface area contributed by atoms with Gasteiger partial charge in [0.2, 0.25) is 0 Å². The van der Waals surface area contributed by atoms with Gasteiger partial charge in [0.25, 0.3) is 0 Å². The quantitative estimate of drug-likeness (QED) is 0.845. The van der Waals surface area contributed by atoms with E-state index >= 15 is 0 Å². The van der Waals surface area contributed by atoms with Crippen molar-refractivity contribution in [3.63, 3.8) is 0 Å². The normalized spacial score (nSPS) is 16.4. The molecule has 0 bridgehead atoms. The molecule has 2 heterocycles. The summed E-state index contributed by atoms with van der Waals surface area (Å²) in [5.74, 6) is 1.13. The number of hydrogen-bond donors (Lipinski definition) is 1. The van der Waals surface area contributed by atoms with Gasteiger partial charge in [-0.1, -0.05) is 17.7 Å². The molecule has 104 valence electrons. The lowest BCUT2D eigenvalue weighted by atomic mass is 10.1. The molecule has 2 rings (SSSR count). The van der Waals surface area contributed by atoms with Crippen LogP contribution in [0.25, 0.3) is 0 Å². The number of aromatic nitrogens is 1. The summed E-state index contributed by atoms with van der Waals surface area (Å²) in [6.45, 7) is 11.7. The van der Waals surface area contributed by atoms with Crippen molar-refractivity contribution in [1.82, 2.24) is 10.3 Å². The smallest absolute Gasteiger partial charge is 0.133 e. The zero-order valence-electron chi connectivity index (χ0n) is 12.5. The third-order valence-electron chi connectivity index (χ3n) is 3.31. The summed E-state index contributed by atoms with van der Waals surface area (Å²) in [5.41, 5.74) is 2.85. The summed E-state index contributed by atoms with van der Waals surface area (Å²) in [6.07, 6.45) is 5.34. The van der Waals surface area contributed by atoms with Crippen molar-refractivity contribution in [2.75, 3.05) is 18.0 Å². The SMILES string of the molecule is CC1=CCCN(c2ncccc2CNC(C)(C)C)C1. The molecule has 0 aromatic carbocycles. The van der Waals surface area contributed by atoms with E-state index in [1.165, 1.54) is 11.1 Å². The minimum atomic E-state index is 0.130. The van der Waals surface area contributed by atoms with E-state index in [0.717, 1.165) is 31.9 Å². The Bertz CT molecular complexity index is 457. The Kier molecular flexibility index (Phi) is 4.25. The fourth-order valence-corrected chi connectivity index (χ4v) is 2.31. The second kappa shape index (κ2) is 5.74. The number of rotatable bonds is 3. The van der Waals surface area contributed by atoms with Crippen molar-refractivity contribution >= 4 is 5.82 Å². The van der Waals surface area contributed by atoms with Gasteiger partial charge in [-0.2, -0.15) is 0 Å². The largest absolute Gasteiger partial charge is 0.352 e. The molecule has 1 aliphatic heterocycles. The fraction of sp³-hybridized carbons (Fsp3) is 0.562. The maximum Gasteiger partial charge on any atom is 0.133 e. The molecule has 1 N–H and O–H groups in total. The van der Waals surface area contributed by atoms with Crippen molar-refractivity contribution in [2.24, 2.45) is 0 Å². The first-order chi connectivity index (χ1) is 8.96. The van der Waals surface area contributed by atoms with Gasteiger partial charge in [-0.05, 0) is 40.2 Å². The van der Waals surface area contributed by atoms with Crippen LogP contribution in [0.4, 0.5) is 5.82 Å². The summed E-state index contributed by atoms with van der Waals surface area (Å²) < 4.78 is 0. The van der Waals surface area contributed by atoms with Gasteiger partial charge < -0.3 is 10.2 Å². The molecule has 0 fully saturated rings. The van der Waals surface area contributed by atoms with E-state index < -0.39 is 0 Å². The van der Waals surface area contributed by atoms with E-state index in [0.29, 0.717) is 0 Å². The van der Waals surface area contributed by atoms with Crippen molar-refractivity contribution in [3.05, 3.63) is 35.5 Å².